The Bertz CT molecular complexity index is 645. The van der Waals surface area contributed by atoms with E-state index in [0.29, 0.717) is 17.1 Å². The molecule has 0 atom stereocenters. The van der Waals surface area contributed by atoms with Crippen molar-refractivity contribution in [2.45, 2.75) is 13.2 Å². The van der Waals surface area contributed by atoms with Crippen molar-refractivity contribution < 1.29 is 19.5 Å². The van der Waals surface area contributed by atoms with Gasteiger partial charge in [-0.05, 0) is 23.8 Å². The van der Waals surface area contributed by atoms with E-state index in [-0.39, 0.29) is 24.7 Å². The minimum atomic E-state index is -0.532. The van der Waals surface area contributed by atoms with Crippen LogP contribution in [0.3, 0.4) is 0 Å². The molecule has 0 aliphatic carbocycles. The number of nitrogens with zero attached hydrogens (tertiary/aromatic N) is 2. The summed E-state index contributed by atoms with van der Waals surface area (Å²) in [7, 11) is 1.50. The monoisotopic (exact) mass is 290 g/mol. The fourth-order valence-corrected chi connectivity index (χ4v) is 1.73. The van der Waals surface area contributed by atoms with E-state index in [1.165, 1.54) is 25.3 Å². The number of aromatic nitrogens is 1. The van der Waals surface area contributed by atoms with E-state index in [2.05, 4.69) is 4.98 Å². The Hall–Kier alpha value is -2.67. The van der Waals surface area contributed by atoms with Gasteiger partial charge in [-0.2, -0.15) is 0 Å². The molecule has 0 aliphatic heterocycles. The van der Waals surface area contributed by atoms with Crippen LogP contribution in [0, 0.1) is 10.1 Å². The van der Waals surface area contributed by atoms with E-state index < -0.39 is 4.92 Å². The molecule has 0 spiro atoms. The van der Waals surface area contributed by atoms with Crippen molar-refractivity contribution in [1.82, 2.24) is 4.98 Å². The van der Waals surface area contributed by atoms with Crippen LogP contribution in [0.15, 0.2) is 36.4 Å². The fraction of sp³-hybridized carbons (Fsp3) is 0.214. The van der Waals surface area contributed by atoms with Gasteiger partial charge in [0.15, 0.2) is 5.75 Å². The quantitative estimate of drug-likeness (QED) is 0.646. The highest BCUT2D eigenvalue weighted by atomic mass is 16.6. The summed E-state index contributed by atoms with van der Waals surface area (Å²) in [6.45, 7) is -0.154. The number of nitro groups is 1. The number of rotatable bonds is 6. The number of benzene rings is 1. The number of nitro benzene ring substituents is 1. The molecule has 0 saturated heterocycles. The molecule has 7 nitrogen and oxygen atoms in total. The maximum absolute atomic E-state index is 11.0. The molecular formula is C14H14N2O5. The van der Waals surface area contributed by atoms with Gasteiger partial charge in [0.2, 0.25) is 5.88 Å². The SMILES string of the molecule is COc1cccc(COc2cc(CO)ccc2[N+](=O)[O-])n1. The van der Waals surface area contributed by atoms with Crippen molar-refractivity contribution in [1.29, 1.82) is 0 Å². The normalized spacial score (nSPS) is 10.2. The molecule has 1 aromatic carbocycles. The molecule has 0 fully saturated rings. The van der Waals surface area contributed by atoms with Crippen molar-refractivity contribution in [3.8, 4) is 11.6 Å². The summed E-state index contributed by atoms with van der Waals surface area (Å²) < 4.78 is 10.5. The molecule has 0 amide bonds. The second-order valence-electron chi connectivity index (χ2n) is 4.18. The number of aliphatic hydroxyl groups is 1. The molecule has 0 unspecified atom stereocenters. The summed E-state index contributed by atoms with van der Waals surface area (Å²) in [5.41, 5.74) is 0.961. The molecule has 7 heteroatoms. The molecule has 0 bridgehead atoms. The van der Waals surface area contributed by atoms with Crippen LogP contribution >= 0.6 is 0 Å². The summed E-state index contributed by atoms with van der Waals surface area (Å²) in [5.74, 6) is 0.533. The summed E-state index contributed by atoms with van der Waals surface area (Å²) in [4.78, 5) is 14.6. The number of pyridine rings is 1. The maximum Gasteiger partial charge on any atom is 0.310 e. The smallest absolute Gasteiger partial charge is 0.310 e. The van der Waals surface area contributed by atoms with Crippen molar-refractivity contribution in [2.75, 3.05) is 7.11 Å². The van der Waals surface area contributed by atoms with Gasteiger partial charge in [0.1, 0.15) is 6.61 Å². The lowest BCUT2D eigenvalue weighted by Gasteiger charge is -2.08. The van der Waals surface area contributed by atoms with E-state index in [4.69, 9.17) is 14.6 Å². The zero-order valence-electron chi connectivity index (χ0n) is 11.4. The first-order chi connectivity index (χ1) is 10.1. The summed E-state index contributed by atoms with van der Waals surface area (Å²) in [6, 6.07) is 9.40. The van der Waals surface area contributed by atoms with Gasteiger partial charge in [-0.3, -0.25) is 10.1 Å². The lowest BCUT2D eigenvalue weighted by Crippen LogP contribution is -2.02. The van der Waals surface area contributed by atoms with Gasteiger partial charge in [0.05, 0.1) is 24.3 Å². The third-order valence-electron chi connectivity index (χ3n) is 2.77. The summed E-state index contributed by atoms with van der Waals surface area (Å²) in [5, 5.41) is 20.1. The van der Waals surface area contributed by atoms with E-state index >= 15 is 0 Å². The van der Waals surface area contributed by atoms with Gasteiger partial charge < -0.3 is 14.6 Å². The summed E-state index contributed by atoms with van der Waals surface area (Å²) >= 11 is 0. The number of aliphatic hydroxyl groups excluding tert-OH is 1. The predicted molar refractivity (Wildman–Crippen MR) is 74.1 cm³/mol. The molecule has 110 valence electrons. The van der Waals surface area contributed by atoms with Crippen LogP contribution in [0.4, 0.5) is 5.69 Å². The molecule has 1 aromatic heterocycles. The molecule has 0 saturated carbocycles. The van der Waals surface area contributed by atoms with E-state index in [9.17, 15) is 10.1 Å². The Kier molecular flexibility index (Phi) is 4.68. The highest BCUT2D eigenvalue weighted by molar-refractivity contribution is 5.48. The third kappa shape index (κ3) is 3.67. The molecule has 0 radical (unpaired) electrons. The molecule has 1 N–H and O–H groups in total. The molecule has 2 rings (SSSR count). The van der Waals surface area contributed by atoms with Crippen LogP contribution in [-0.4, -0.2) is 22.1 Å². The number of hydrogen-bond acceptors (Lipinski definition) is 6. The van der Waals surface area contributed by atoms with Gasteiger partial charge in [0.25, 0.3) is 0 Å². The van der Waals surface area contributed by atoms with Gasteiger partial charge >= 0.3 is 5.69 Å². The van der Waals surface area contributed by atoms with Gasteiger partial charge in [-0.15, -0.1) is 0 Å². The summed E-state index contributed by atoms with van der Waals surface area (Å²) in [6.07, 6.45) is 0. The fourth-order valence-electron chi connectivity index (χ4n) is 1.73. The number of hydrogen-bond donors (Lipinski definition) is 1. The third-order valence-corrected chi connectivity index (χ3v) is 2.77. The Morgan fingerprint density at radius 3 is 2.81 bits per heavy atom. The second kappa shape index (κ2) is 6.67. The van der Waals surface area contributed by atoms with E-state index in [0.717, 1.165) is 0 Å². The zero-order chi connectivity index (χ0) is 15.2. The largest absolute Gasteiger partial charge is 0.481 e. The molecule has 1 heterocycles. The average Bonchev–Trinajstić information content (AvgIpc) is 2.52. The van der Waals surface area contributed by atoms with Crippen molar-refractivity contribution >= 4 is 5.69 Å². The van der Waals surface area contributed by atoms with E-state index in [1.807, 2.05) is 0 Å². The van der Waals surface area contributed by atoms with Crippen LogP contribution in [0.1, 0.15) is 11.3 Å². The van der Waals surface area contributed by atoms with Crippen molar-refractivity contribution in [2.24, 2.45) is 0 Å². The molecule has 2 aromatic rings. The van der Waals surface area contributed by atoms with Gasteiger partial charge in [0, 0.05) is 12.1 Å². The number of ether oxygens (including phenoxy) is 2. The minimum Gasteiger partial charge on any atom is -0.481 e. The first-order valence-electron chi connectivity index (χ1n) is 6.15. The van der Waals surface area contributed by atoms with Crippen LogP contribution in [-0.2, 0) is 13.2 Å². The molecule has 21 heavy (non-hydrogen) atoms. The molecule has 0 aliphatic rings. The highest BCUT2D eigenvalue weighted by Gasteiger charge is 2.16. The topological polar surface area (TPSA) is 94.7 Å². The van der Waals surface area contributed by atoms with Gasteiger partial charge in [-0.1, -0.05) is 6.07 Å². The Balaban J connectivity index is 2.19. The molecular weight excluding hydrogens is 276 g/mol. The highest BCUT2D eigenvalue weighted by Crippen LogP contribution is 2.28. The predicted octanol–water partition coefficient (Wildman–Crippen LogP) is 2.07. The van der Waals surface area contributed by atoms with Crippen LogP contribution in [0.2, 0.25) is 0 Å². The van der Waals surface area contributed by atoms with Gasteiger partial charge in [-0.25, -0.2) is 4.98 Å². The van der Waals surface area contributed by atoms with Crippen molar-refractivity contribution in [3.63, 3.8) is 0 Å². The Morgan fingerprint density at radius 1 is 1.33 bits per heavy atom. The minimum absolute atomic E-state index is 0.0624. The average molecular weight is 290 g/mol. The lowest BCUT2D eigenvalue weighted by molar-refractivity contribution is -0.386. The van der Waals surface area contributed by atoms with Crippen LogP contribution < -0.4 is 9.47 Å². The Morgan fingerprint density at radius 2 is 2.14 bits per heavy atom. The van der Waals surface area contributed by atoms with Crippen LogP contribution in [0.5, 0.6) is 11.6 Å². The first-order valence-corrected chi connectivity index (χ1v) is 6.15. The zero-order valence-corrected chi connectivity index (χ0v) is 11.4. The van der Waals surface area contributed by atoms with Crippen molar-refractivity contribution in [3.05, 3.63) is 57.8 Å². The van der Waals surface area contributed by atoms with Crippen LogP contribution in [0.25, 0.3) is 0 Å². The maximum atomic E-state index is 11.0. The van der Waals surface area contributed by atoms with E-state index in [1.54, 1.807) is 18.2 Å². The Labute approximate surface area is 120 Å². The first kappa shape index (κ1) is 14.7. The standard InChI is InChI=1S/C14H14N2O5/c1-20-14-4-2-3-11(15-14)9-21-13-7-10(8-17)5-6-12(13)16(18)19/h2-7,17H,8-9H2,1H3. The lowest BCUT2D eigenvalue weighted by atomic mass is 10.2. The number of methoxy groups -OCH3 is 1. The second-order valence-corrected chi connectivity index (χ2v) is 4.18.